The Labute approximate surface area is 132 Å². The third-order valence-corrected chi connectivity index (χ3v) is 4.53. The van der Waals surface area contributed by atoms with E-state index in [1.807, 2.05) is 26.1 Å². The molecule has 3 heteroatoms. The number of hydrogen-bond donors (Lipinski definition) is 1. The Morgan fingerprint density at radius 1 is 1.23 bits per heavy atom. The molecule has 1 aromatic carbocycles. The Balaban J connectivity index is 1.98. The molecule has 3 nitrogen and oxygen atoms in total. The highest BCUT2D eigenvalue weighted by atomic mass is 16.5. The van der Waals surface area contributed by atoms with E-state index in [1.165, 1.54) is 5.56 Å². The van der Waals surface area contributed by atoms with Gasteiger partial charge in [-0.1, -0.05) is 6.07 Å². The van der Waals surface area contributed by atoms with Gasteiger partial charge in [0.2, 0.25) is 0 Å². The van der Waals surface area contributed by atoms with Crippen molar-refractivity contribution in [2.45, 2.75) is 52.6 Å². The average molecular weight is 297 g/mol. The van der Waals surface area contributed by atoms with Gasteiger partial charge in [0, 0.05) is 29.9 Å². The van der Waals surface area contributed by atoms with Gasteiger partial charge in [-0.3, -0.25) is 4.98 Å². The fourth-order valence-electron chi connectivity index (χ4n) is 3.28. The lowest BCUT2D eigenvalue weighted by Crippen LogP contribution is -2.25. The number of pyridine rings is 1. The van der Waals surface area contributed by atoms with Crippen LogP contribution in [0, 0.1) is 13.8 Å². The standard InChI is InChI=1S/C19H23NO2/c1-12-15(8-7-14-6-5-9-20-11-14)18-16(13(2)17(12)21)10-19(3,4)22-18/h5-6,9,11,21H,7-8,10H2,1-4H3. The topological polar surface area (TPSA) is 42.4 Å². The molecule has 0 radical (unpaired) electrons. The summed E-state index contributed by atoms with van der Waals surface area (Å²) in [7, 11) is 0. The molecular weight excluding hydrogens is 274 g/mol. The molecule has 1 aromatic heterocycles. The van der Waals surface area contributed by atoms with Crippen molar-refractivity contribution in [2.24, 2.45) is 0 Å². The quantitative estimate of drug-likeness (QED) is 0.934. The molecular formula is C19H23NO2. The van der Waals surface area contributed by atoms with Crippen LogP contribution in [0.4, 0.5) is 0 Å². The van der Waals surface area contributed by atoms with Crippen LogP contribution in [0.25, 0.3) is 0 Å². The van der Waals surface area contributed by atoms with Gasteiger partial charge in [0.1, 0.15) is 17.1 Å². The van der Waals surface area contributed by atoms with E-state index in [0.29, 0.717) is 5.75 Å². The van der Waals surface area contributed by atoms with E-state index in [-0.39, 0.29) is 5.60 Å². The van der Waals surface area contributed by atoms with E-state index in [1.54, 1.807) is 6.20 Å². The molecule has 0 atom stereocenters. The predicted molar refractivity (Wildman–Crippen MR) is 87.6 cm³/mol. The van der Waals surface area contributed by atoms with Crippen LogP contribution in [0.15, 0.2) is 24.5 Å². The molecule has 0 spiro atoms. The summed E-state index contributed by atoms with van der Waals surface area (Å²) >= 11 is 0. The van der Waals surface area contributed by atoms with Gasteiger partial charge < -0.3 is 9.84 Å². The highest BCUT2D eigenvalue weighted by molar-refractivity contribution is 5.60. The van der Waals surface area contributed by atoms with E-state index < -0.39 is 0 Å². The number of fused-ring (bicyclic) bond motifs is 1. The van der Waals surface area contributed by atoms with Crippen molar-refractivity contribution >= 4 is 0 Å². The molecule has 1 aliphatic rings. The summed E-state index contributed by atoms with van der Waals surface area (Å²) in [5.74, 6) is 1.41. The van der Waals surface area contributed by atoms with Crippen molar-refractivity contribution in [2.75, 3.05) is 0 Å². The summed E-state index contributed by atoms with van der Waals surface area (Å²) in [6, 6.07) is 4.04. The van der Waals surface area contributed by atoms with Crippen molar-refractivity contribution in [1.82, 2.24) is 4.98 Å². The number of phenolic OH excluding ortho intramolecular Hbond substituents is 1. The zero-order chi connectivity index (χ0) is 15.9. The molecule has 0 saturated heterocycles. The smallest absolute Gasteiger partial charge is 0.127 e. The fraction of sp³-hybridized carbons (Fsp3) is 0.421. The van der Waals surface area contributed by atoms with E-state index in [4.69, 9.17) is 4.74 Å². The van der Waals surface area contributed by atoms with Crippen LogP contribution >= 0.6 is 0 Å². The first-order chi connectivity index (χ1) is 10.4. The molecule has 2 aromatic rings. The van der Waals surface area contributed by atoms with Crippen LogP contribution in [0.1, 0.15) is 41.7 Å². The maximum atomic E-state index is 10.5. The fourth-order valence-corrected chi connectivity index (χ4v) is 3.28. The molecule has 116 valence electrons. The number of hydrogen-bond acceptors (Lipinski definition) is 3. The van der Waals surface area contributed by atoms with Crippen molar-refractivity contribution in [1.29, 1.82) is 0 Å². The lowest BCUT2D eigenvalue weighted by atomic mass is 9.91. The number of aromatic nitrogens is 1. The lowest BCUT2D eigenvalue weighted by molar-refractivity contribution is 0.137. The van der Waals surface area contributed by atoms with Gasteiger partial charge in [-0.25, -0.2) is 0 Å². The minimum atomic E-state index is -0.198. The van der Waals surface area contributed by atoms with Gasteiger partial charge in [-0.2, -0.15) is 0 Å². The minimum absolute atomic E-state index is 0.198. The second-order valence-electron chi connectivity index (χ2n) is 6.78. The van der Waals surface area contributed by atoms with Crippen LogP contribution in [0.5, 0.6) is 11.5 Å². The molecule has 1 N–H and O–H groups in total. The van der Waals surface area contributed by atoms with Gasteiger partial charge in [0.25, 0.3) is 0 Å². The number of rotatable bonds is 3. The highest BCUT2D eigenvalue weighted by Crippen LogP contribution is 2.45. The molecule has 0 fully saturated rings. The molecule has 0 unspecified atom stereocenters. The first-order valence-electron chi connectivity index (χ1n) is 7.81. The number of aromatic hydroxyl groups is 1. The first-order valence-corrected chi connectivity index (χ1v) is 7.81. The number of nitrogens with zero attached hydrogens (tertiary/aromatic N) is 1. The minimum Gasteiger partial charge on any atom is -0.507 e. The molecule has 0 aliphatic carbocycles. The molecule has 1 aliphatic heterocycles. The summed E-state index contributed by atoms with van der Waals surface area (Å²) in [5, 5.41) is 10.5. The maximum Gasteiger partial charge on any atom is 0.127 e. The van der Waals surface area contributed by atoms with E-state index in [9.17, 15) is 5.11 Å². The summed E-state index contributed by atoms with van der Waals surface area (Å²) in [6.07, 6.45) is 6.28. The number of aryl methyl sites for hydroxylation is 1. The average Bonchev–Trinajstić information content (AvgIpc) is 2.82. The third kappa shape index (κ3) is 2.56. The lowest BCUT2D eigenvalue weighted by Gasteiger charge is -2.19. The van der Waals surface area contributed by atoms with Crippen LogP contribution in [0.2, 0.25) is 0 Å². The highest BCUT2D eigenvalue weighted by Gasteiger charge is 2.35. The van der Waals surface area contributed by atoms with Crippen molar-refractivity contribution in [3.63, 3.8) is 0 Å². The molecule has 22 heavy (non-hydrogen) atoms. The summed E-state index contributed by atoms with van der Waals surface area (Å²) in [4.78, 5) is 4.17. The normalized spacial score (nSPS) is 15.5. The summed E-state index contributed by atoms with van der Waals surface area (Å²) < 4.78 is 6.20. The number of benzene rings is 1. The van der Waals surface area contributed by atoms with Gasteiger partial charge in [0.05, 0.1) is 0 Å². The van der Waals surface area contributed by atoms with Gasteiger partial charge in [-0.15, -0.1) is 0 Å². The second-order valence-corrected chi connectivity index (χ2v) is 6.78. The van der Waals surface area contributed by atoms with E-state index in [2.05, 4.69) is 24.9 Å². The van der Waals surface area contributed by atoms with Crippen molar-refractivity contribution in [3.05, 3.63) is 52.3 Å². The Hall–Kier alpha value is -2.03. The van der Waals surface area contributed by atoms with E-state index in [0.717, 1.165) is 47.3 Å². The van der Waals surface area contributed by atoms with Crippen LogP contribution < -0.4 is 4.74 Å². The Morgan fingerprint density at radius 2 is 2.00 bits per heavy atom. The molecule has 2 heterocycles. The Morgan fingerprint density at radius 3 is 2.68 bits per heavy atom. The van der Waals surface area contributed by atoms with Gasteiger partial charge >= 0.3 is 0 Å². The Bertz CT molecular complexity index is 705. The van der Waals surface area contributed by atoms with Crippen LogP contribution in [-0.2, 0) is 19.3 Å². The summed E-state index contributed by atoms with van der Waals surface area (Å²) in [6.45, 7) is 8.17. The zero-order valence-corrected chi connectivity index (χ0v) is 13.7. The van der Waals surface area contributed by atoms with Crippen molar-refractivity contribution in [3.8, 4) is 11.5 Å². The van der Waals surface area contributed by atoms with Crippen LogP contribution in [-0.4, -0.2) is 15.7 Å². The first kappa shape index (κ1) is 14.9. The van der Waals surface area contributed by atoms with Gasteiger partial charge in [-0.05, 0) is 63.3 Å². The SMILES string of the molecule is Cc1c(O)c(C)c2c(c1CCc1cccnc1)OC(C)(C)C2. The second kappa shape index (κ2) is 5.31. The molecule has 0 bridgehead atoms. The monoisotopic (exact) mass is 297 g/mol. The van der Waals surface area contributed by atoms with Crippen LogP contribution in [0.3, 0.4) is 0 Å². The van der Waals surface area contributed by atoms with E-state index >= 15 is 0 Å². The molecule has 3 rings (SSSR count). The Kier molecular flexibility index (Phi) is 3.59. The maximum absolute atomic E-state index is 10.5. The molecule has 0 saturated carbocycles. The molecule has 0 amide bonds. The van der Waals surface area contributed by atoms with Crippen molar-refractivity contribution < 1.29 is 9.84 Å². The number of phenols is 1. The summed E-state index contributed by atoms with van der Waals surface area (Å²) in [5.41, 5.74) is 5.20. The number of ether oxygens (including phenoxy) is 1. The third-order valence-electron chi connectivity index (χ3n) is 4.53. The largest absolute Gasteiger partial charge is 0.507 e. The predicted octanol–water partition coefficient (Wildman–Crippen LogP) is 3.90. The van der Waals surface area contributed by atoms with Gasteiger partial charge in [0.15, 0.2) is 0 Å². The zero-order valence-electron chi connectivity index (χ0n) is 13.7.